The fourth-order valence-electron chi connectivity index (χ4n) is 1.14. The van der Waals surface area contributed by atoms with E-state index in [-0.39, 0.29) is 0 Å². The fraction of sp³-hybridized carbons (Fsp3) is 0.182. The van der Waals surface area contributed by atoms with Crippen LogP contribution in [0.2, 0.25) is 0 Å². The summed E-state index contributed by atoms with van der Waals surface area (Å²) in [4.78, 5) is 4.22. The summed E-state index contributed by atoms with van der Waals surface area (Å²) in [5.41, 5.74) is 0. The Morgan fingerprint density at radius 2 is 2.21 bits per heavy atom. The highest BCUT2D eigenvalue weighted by Gasteiger charge is 2.00. The lowest BCUT2D eigenvalue weighted by atomic mass is 10.5. The van der Waals surface area contributed by atoms with E-state index in [2.05, 4.69) is 4.98 Å². The Kier molecular flexibility index (Phi) is 2.89. The van der Waals surface area contributed by atoms with E-state index in [0.717, 1.165) is 22.3 Å². The first-order chi connectivity index (χ1) is 6.84. The molecule has 0 aliphatic rings. The second-order valence-corrected chi connectivity index (χ2v) is 3.96. The normalized spacial score (nSPS) is 10.4. The Hall–Kier alpha value is -1.22. The van der Waals surface area contributed by atoms with Gasteiger partial charge in [0, 0.05) is 6.20 Å². The minimum Gasteiger partial charge on any atom is -0.465 e. The first-order valence-corrected chi connectivity index (χ1v) is 5.42. The summed E-state index contributed by atoms with van der Waals surface area (Å²) in [6, 6.07) is 9.89. The number of hydrogen-bond acceptors (Lipinski definition) is 3. The minimum absolute atomic E-state index is 0.838. The van der Waals surface area contributed by atoms with E-state index >= 15 is 0 Å². The van der Waals surface area contributed by atoms with Crippen molar-refractivity contribution in [2.75, 3.05) is 0 Å². The smallest absolute Gasteiger partial charge is 0.114 e. The predicted molar refractivity (Wildman–Crippen MR) is 57.2 cm³/mol. The van der Waals surface area contributed by atoms with Crippen LogP contribution < -0.4 is 0 Å². The van der Waals surface area contributed by atoms with Crippen LogP contribution in [0.15, 0.2) is 46.0 Å². The molecule has 3 heteroatoms. The zero-order valence-electron chi connectivity index (χ0n) is 7.93. The van der Waals surface area contributed by atoms with Crippen molar-refractivity contribution in [3.63, 3.8) is 0 Å². The van der Waals surface area contributed by atoms with Gasteiger partial charge in [0.1, 0.15) is 11.5 Å². The van der Waals surface area contributed by atoms with Gasteiger partial charge in [-0.2, -0.15) is 0 Å². The molecule has 2 aromatic rings. The van der Waals surface area contributed by atoms with E-state index in [1.165, 1.54) is 0 Å². The fourth-order valence-corrected chi connectivity index (χ4v) is 1.90. The van der Waals surface area contributed by atoms with Crippen LogP contribution in [0, 0.1) is 6.92 Å². The number of nitrogens with zero attached hydrogens (tertiary/aromatic N) is 1. The number of pyridine rings is 1. The maximum Gasteiger partial charge on any atom is 0.114 e. The van der Waals surface area contributed by atoms with Gasteiger partial charge in [0.2, 0.25) is 0 Å². The molecule has 0 aliphatic heterocycles. The zero-order valence-corrected chi connectivity index (χ0v) is 8.75. The molecule has 2 heterocycles. The van der Waals surface area contributed by atoms with E-state index in [0.29, 0.717) is 0 Å². The maximum absolute atomic E-state index is 5.46. The second-order valence-electron chi connectivity index (χ2n) is 2.97. The van der Waals surface area contributed by atoms with Crippen molar-refractivity contribution in [2.45, 2.75) is 17.7 Å². The van der Waals surface area contributed by atoms with Crippen LogP contribution >= 0.6 is 11.8 Å². The SMILES string of the molecule is Cc1ccc(CSc2ccccn2)o1. The maximum atomic E-state index is 5.46. The molecule has 2 aromatic heterocycles. The molecule has 72 valence electrons. The summed E-state index contributed by atoms with van der Waals surface area (Å²) < 4.78 is 5.46. The van der Waals surface area contributed by atoms with Crippen LogP contribution in [-0.4, -0.2) is 4.98 Å². The molecule has 0 unspecified atom stereocenters. The highest BCUT2D eigenvalue weighted by atomic mass is 32.2. The van der Waals surface area contributed by atoms with Gasteiger partial charge in [-0.05, 0) is 31.2 Å². The van der Waals surface area contributed by atoms with E-state index in [9.17, 15) is 0 Å². The summed E-state index contributed by atoms with van der Waals surface area (Å²) in [6.07, 6.45) is 1.80. The number of furan rings is 1. The highest BCUT2D eigenvalue weighted by molar-refractivity contribution is 7.98. The molecule has 0 aromatic carbocycles. The molecular formula is C11H11NOS. The molecule has 0 bridgehead atoms. The van der Waals surface area contributed by atoms with Crippen molar-refractivity contribution in [3.05, 3.63) is 48.0 Å². The molecule has 0 N–H and O–H groups in total. The molecule has 0 saturated heterocycles. The molecule has 0 radical (unpaired) electrons. The summed E-state index contributed by atoms with van der Waals surface area (Å²) in [5, 5.41) is 1.03. The lowest BCUT2D eigenvalue weighted by Crippen LogP contribution is -1.79. The molecular weight excluding hydrogens is 194 g/mol. The van der Waals surface area contributed by atoms with Crippen LogP contribution in [-0.2, 0) is 5.75 Å². The molecule has 2 rings (SSSR count). The van der Waals surface area contributed by atoms with Gasteiger partial charge >= 0.3 is 0 Å². The van der Waals surface area contributed by atoms with Crippen molar-refractivity contribution in [2.24, 2.45) is 0 Å². The average molecular weight is 205 g/mol. The molecule has 0 fully saturated rings. The summed E-state index contributed by atoms with van der Waals surface area (Å²) in [7, 11) is 0. The largest absolute Gasteiger partial charge is 0.465 e. The van der Waals surface area contributed by atoms with Crippen molar-refractivity contribution in [1.29, 1.82) is 0 Å². The average Bonchev–Trinajstić information content (AvgIpc) is 2.63. The minimum atomic E-state index is 0.838. The topological polar surface area (TPSA) is 26.0 Å². The Morgan fingerprint density at radius 1 is 1.29 bits per heavy atom. The third-order valence-corrected chi connectivity index (χ3v) is 2.76. The van der Waals surface area contributed by atoms with Gasteiger partial charge < -0.3 is 4.42 Å². The van der Waals surface area contributed by atoms with Gasteiger partial charge in [0.05, 0.1) is 10.8 Å². The number of aryl methyl sites for hydroxylation is 1. The highest BCUT2D eigenvalue weighted by Crippen LogP contribution is 2.21. The molecule has 0 aliphatic carbocycles. The van der Waals surface area contributed by atoms with Crippen molar-refractivity contribution < 1.29 is 4.42 Å². The van der Waals surface area contributed by atoms with Crippen LogP contribution in [0.25, 0.3) is 0 Å². The second kappa shape index (κ2) is 4.33. The Bertz CT molecular complexity index is 397. The molecule has 0 spiro atoms. The third-order valence-electron chi connectivity index (χ3n) is 1.80. The number of aromatic nitrogens is 1. The lowest BCUT2D eigenvalue weighted by molar-refractivity contribution is 0.501. The van der Waals surface area contributed by atoms with E-state index in [1.807, 2.05) is 37.3 Å². The Labute approximate surface area is 87.4 Å². The van der Waals surface area contributed by atoms with Crippen molar-refractivity contribution >= 4 is 11.8 Å². The first kappa shape index (κ1) is 9.34. The van der Waals surface area contributed by atoms with Crippen molar-refractivity contribution in [1.82, 2.24) is 4.98 Å². The Balaban J connectivity index is 1.95. The monoisotopic (exact) mass is 205 g/mol. The van der Waals surface area contributed by atoms with Gasteiger partial charge in [-0.3, -0.25) is 0 Å². The number of thioether (sulfide) groups is 1. The van der Waals surface area contributed by atoms with Gasteiger partial charge in [-0.1, -0.05) is 17.8 Å². The van der Waals surface area contributed by atoms with Crippen LogP contribution in [0.3, 0.4) is 0 Å². The number of rotatable bonds is 3. The third kappa shape index (κ3) is 2.39. The predicted octanol–water partition coefficient (Wildman–Crippen LogP) is 3.28. The van der Waals surface area contributed by atoms with Gasteiger partial charge in [-0.15, -0.1) is 0 Å². The molecule has 14 heavy (non-hydrogen) atoms. The summed E-state index contributed by atoms with van der Waals surface area (Å²) >= 11 is 1.68. The van der Waals surface area contributed by atoms with Gasteiger partial charge in [0.25, 0.3) is 0 Å². The molecule has 0 saturated carbocycles. The van der Waals surface area contributed by atoms with Crippen LogP contribution in [0.4, 0.5) is 0 Å². The van der Waals surface area contributed by atoms with Crippen LogP contribution in [0.5, 0.6) is 0 Å². The van der Waals surface area contributed by atoms with E-state index in [1.54, 1.807) is 18.0 Å². The molecule has 0 amide bonds. The molecule has 2 nitrogen and oxygen atoms in total. The quantitative estimate of drug-likeness (QED) is 0.719. The summed E-state index contributed by atoms with van der Waals surface area (Å²) in [6.45, 7) is 1.95. The van der Waals surface area contributed by atoms with Gasteiger partial charge in [0.15, 0.2) is 0 Å². The standard InChI is InChI=1S/C11H11NOS/c1-9-5-6-10(13-9)8-14-11-4-2-3-7-12-11/h2-7H,8H2,1H3. The number of hydrogen-bond donors (Lipinski definition) is 0. The van der Waals surface area contributed by atoms with E-state index < -0.39 is 0 Å². The lowest BCUT2D eigenvalue weighted by Gasteiger charge is -1.96. The molecule has 0 atom stereocenters. The van der Waals surface area contributed by atoms with E-state index in [4.69, 9.17) is 4.42 Å². The van der Waals surface area contributed by atoms with Gasteiger partial charge in [-0.25, -0.2) is 4.98 Å². The zero-order chi connectivity index (χ0) is 9.80. The van der Waals surface area contributed by atoms with Crippen LogP contribution in [0.1, 0.15) is 11.5 Å². The first-order valence-electron chi connectivity index (χ1n) is 4.44. The Morgan fingerprint density at radius 3 is 2.86 bits per heavy atom. The van der Waals surface area contributed by atoms with Crippen molar-refractivity contribution in [3.8, 4) is 0 Å². The summed E-state index contributed by atoms with van der Waals surface area (Å²) in [5.74, 6) is 2.80.